The van der Waals surface area contributed by atoms with E-state index >= 15 is 0 Å². The van der Waals surface area contributed by atoms with Gasteiger partial charge in [-0.25, -0.2) is 4.98 Å². The van der Waals surface area contributed by atoms with Crippen LogP contribution in [0.3, 0.4) is 0 Å². The van der Waals surface area contributed by atoms with Gasteiger partial charge in [0.05, 0.1) is 5.45 Å². The minimum Gasteiger partial charge on any atom is -0.325 e. The molecule has 44 valence electrons. The Morgan fingerprint density at radius 1 is 1.88 bits per heavy atom. The molecule has 0 aromatic carbocycles. The molecule has 0 saturated heterocycles. The summed E-state index contributed by atoms with van der Waals surface area (Å²) in [6, 6.07) is 0. The fraction of sp³-hybridized carbons (Fsp3) is 0.400. The predicted molar refractivity (Wildman–Crippen MR) is 35.9 cm³/mol. The van der Waals surface area contributed by atoms with Crippen LogP contribution in [0.4, 0.5) is 0 Å². The van der Waals surface area contributed by atoms with E-state index in [0.717, 1.165) is 11.3 Å². The SMILES string of the molecule is Cc1nccn1CBr. The first-order chi connectivity index (χ1) is 3.84. The summed E-state index contributed by atoms with van der Waals surface area (Å²) < 4.78 is 2.01. The molecular weight excluding hydrogens is 168 g/mol. The number of alkyl halides is 1. The van der Waals surface area contributed by atoms with Crippen LogP contribution >= 0.6 is 15.9 Å². The van der Waals surface area contributed by atoms with Crippen LogP contribution in [0, 0.1) is 6.92 Å². The second-order valence-corrected chi connectivity index (χ2v) is 2.07. The molecule has 0 bridgehead atoms. The van der Waals surface area contributed by atoms with Crippen molar-refractivity contribution >= 4 is 15.9 Å². The lowest BCUT2D eigenvalue weighted by molar-refractivity contribution is 0.848. The van der Waals surface area contributed by atoms with Crippen LogP contribution in [0.5, 0.6) is 0 Å². The zero-order valence-corrected chi connectivity index (χ0v) is 6.22. The van der Waals surface area contributed by atoms with Crippen molar-refractivity contribution in [2.45, 2.75) is 12.4 Å². The molecule has 0 amide bonds. The molecule has 1 aromatic heterocycles. The van der Waals surface area contributed by atoms with Gasteiger partial charge in [-0.15, -0.1) is 0 Å². The Labute approximate surface area is 56.7 Å². The van der Waals surface area contributed by atoms with E-state index in [1.807, 2.05) is 17.7 Å². The van der Waals surface area contributed by atoms with Crippen molar-refractivity contribution in [1.29, 1.82) is 0 Å². The van der Waals surface area contributed by atoms with Gasteiger partial charge in [0.15, 0.2) is 0 Å². The second kappa shape index (κ2) is 2.31. The number of nitrogens with zero attached hydrogens (tertiary/aromatic N) is 2. The van der Waals surface area contributed by atoms with Crippen molar-refractivity contribution in [1.82, 2.24) is 9.55 Å². The van der Waals surface area contributed by atoms with Gasteiger partial charge in [-0.1, -0.05) is 15.9 Å². The molecule has 0 radical (unpaired) electrons. The Hall–Kier alpha value is -0.310. The molecule has 0 aliphatic carbocycles. The number of hydrogen-bond donors (Lipinski definition) is 0. The number of rotatable bonds is 1. The Morgan fingerprint density at radius 3 is 2.88 bits per heavy atom. The molecule has 0 atom stereocenters. The first-order valence-electron chi connectivity index (χ1n) is 2.38. The highest BCUT2D eigenvalue weighted by atomic mass is 79.9. The summed E-state index contributed by atoms with van der Waals surface area (Å²) in [5.74, 6) is 1.04. The Morgan fingerprint density at radius 2 is 2.62 bits per heavy atom. The summed E-state index contributed by atoms with van der Waals surface area (Å²) in [4.78, 5) is 4.02. The highest BCUT2D eigenvalue weighted by Gasteiger charge is 1.89. The fourth-order valence-electron chi connectivity index (χ4n) is 0.530. The van der Waals surface area contributed by atoms with E-state index in [-0.39, 0.29) is 0 Å². The molecule has 8 heavy (non-hydrogen) atoms. The molecule has 2 nitrogen and oxygen atoms in total. The molecule has 1 heterocycles. The van der Waals surface area contributed by atoms with E-state index in [1.54, 1.807) is 6.20 Å². The normalized spacial score (nSPS) is 9.75. The Kier molecular flexibility index (Phi) is 1.68. The van der Waals surface area contributed by atoms with E-state index < -0.39 is 0 Å². The van der Waals surface area contributed by atoms with Gasteiger partial charge in [0.1, 0.15) is 5.82 Å². The van der Waals surface area contributed by atoms with Gasteiger partial charge < -0.3 is 4.57 Å². The van der Waals surface area contributed by atoms with Crippen LogP contribution in [0.15, 0.2) is 12.4 Å². The number of aromatic nitrogens is 2. The minimum atomic E-state index is 0.832. The zero-order chi connectivity index (χ0) is 5.98. The summed E-state index contributed by atoms with van der Waals surface area (Å²) >= 11 is 3.31. The molecule has 3 heteroatoms. The number of imidazole rings is 1. The summed E-state index contributed by atoms with van der Waals surface area (Å²) in [5, 5.41) is 0. The molecule has 0 N–H and O–H groups in total. The van der Waals surface area contributed by atoms with E-state index in [9.17, 15) is 0 Å². The van der Waals surface area contributed by atoms with Gasteiger partial charge in [-0.3, -0.25) is 0 Å². The van der Waals surface area contributed by atoms with Gasteiger partial charge in [-0.2, -0.15) is 0 Å². The van der Waals surface area contributed by atoms with Crippen molar-refractivity contribution in [2.24, 2.45) is 0 Å². The lowest BCUT2D eigenvalue weighted by Crippen LogP contribution is -1.91. The third-order valence-corrected chi connectivity index (χ3v) is 1.59. The summed E-state index contributed by atoms with van der Waals surface area (Å²) in [7, 11) is 0. The third-order valence-electron chi connectivity index (χ3n) is 1.05. The molecule has 1 aromatic rings. The maximum absolute atomic E-state index is 4.02. The van der Waals surface area contributed by atoms with Crippen LogP contribution in [-0.2, 0) is 5.45 Å². The van der Waals surface area contributed by atoms with Gasteiger partial charge in [0.25, 0.3) is 0 Å². The molecule has 0 aliphatic rings. The van der Waals surface area contributed by atoms with Gasteiger partial charge in [-0.05, 0) is 6.92 Å². The minimum absolute atomic E-state index is 0.832. The second-order valence-electron chi connectivity index (χ2n) is 1.56. The van der Waals surface area contributed by atoms with Crippen LogP contribution in [0.2, 0.25) is 0 Å². The first-order valence-corrected chi connectivity index (χ1v) is 3.50. The maximum Gasteiger partial charge on any atom is 0.106 e. The monoisotopic (exact) mass is 174 g/mol. The predicted octanol–water partition coefficient (Wildman–Crippen LogP) is 1.54. The highest BCUT2D eigenvalue weighted by Crippen LogP contribution is 1.96. The lowest BCUT2D eigenvalue weighted by atomic mass is 10.7. The van der Waals surface area contributed by atoms with Crippen molar-refractivity contribution in [2.75, 3.05) is 0 Å². The van der Waals surface area contributed by atoms with E-state index in [0.29, 0.717) is 0 Å². The topological polar surface area (TPSA) is 17.8 Å². The molecule has 0 fully saturated rings. The standard InChI is InChI=1S/C5H7BrN2/c1-5-7-2-3-8(5)4-6/h2-3H,4H2,1H3. The average Bonchev–Trinajstić information content (AvgIpc) is 2.14. The summed E-state index contributed by atoms with van der Waals surface area (Å²) in [5.41, 5.74) is 0.832. The summed E-state index contributed by atoms with van der Waals surface area (Å²) in [6.45, 7) is 1.97. The largest absolute Gasteiger partial charge is 0.325 e. The van der Waals surface area contributed by atoms with Crippen molar-refractivity contribution in [3.8, 4) is 0 Å². The third kappa shape index (κ3) is 0.916. The lowest BCUT2D eigenvalue weighted by Gasteiger charge is -1.93. The molecule has 1 rings (SSSR count). The number of hydrogen-bond acceptors (Lipinski definition) is 1. The molecular formula is C5H7BrN2. The van der Waals surface area contributed by atoms with Gasteiger partial charge in [0, 0.05) is 12.4 Å². The number of aryl methyl sites for hydroxylation is 1. The van der Waals surface area contributed by atoms with Gasteiger partial charge in [0.2, 0.25) is 0 Å². The molecule has 0 spiro atoms. The van der Waals surface area contributed by atoms with Crippen molar-refractivity contribution < 1.29 is 0 Å². The van der Waals surface area contributed by atoms with E-state index in [4.69, 9.17) is 0 Å². The van der Waals surface area contributed by atoms with Crippen LogP contribution in [0.25, 0.3) is 0 Å². The van der Waals surface area contributed by atoms with Crippen molar-refractivity contribution in [3.63, 3.8) is 0 Å². The molecule has 0 saturated carbocycles. The maximum atomic E-state index is 4.02. The zero-order valence-electron chi connectivity index (χ0n) is 4.63. The highest BCUT2D eigenvalue weighted by molar-refractivity contribution is 9.08. The molecule has 0 unspecified atom stereocenters. The molecule has 0 aliphatic heterocycles. The van der Waals surface area contributed by atoms with Crippen molar-refractivity contribution in [3.05, 3.63) is 18.2 Å². The smallest absolute Gasteiger partial charge is 0.106 e. The first kappa shape index (κ1) is 5.82. The Balaban J connectivity index is 2.92. The van der Waals surface area contributed by atoms with Gasteiger partial charge >= 0.3 is 0 Å². The summed E-state index contributed by atoms with van der Waals surface area (Å²) in [6.07, 6.45) is 3.72. The van der Waals surface area contributed by atoms with Crippen LogP contribution in [0.1, 0.15) is 5.82 Å². The quantitative estimate of drug-likeness (QED) is 0.592. The van der Waals surface area contributed by atoms with Crippen LogP contribution < -0.4 is 0 Å². The van der Waals surface area contributed by atoms with E-state index in [1.165, 1.54) is 0 Å². The number of halogens is 1. The van der Waals surface area contributed by atoms with Crippen LogP contribution in [-0.4, -0.2) is 9.55 Å². The van der Waals surface area contributed by atoms with E-state index in [2.05, 4.69) is 20.9 Å². The average molecular weight is 175 g/mol. The fourth-order valence-corrected chi connectivity index (χ4v) is 1.06. The Bertz CT molecular complexity index is 171.